The van der Waals surface area contributed by atoms with Crippen LogP contribution in [0, 0.1) is 0 Å². The van der Waals surface area contributed by atoms with Crippen LogP contribution in [-0.4, -0.2) is 40.0 Å². The standard InChI is InChI=1S/C12H16ClN3O2/c1-2-18-12(17)8-16(10-3-4-10)7-9-5-15-11(13)6-14-9/h5-6,10H,2-4,7-8H2,1H3. The molecule has 0 unspecified atom stereocenters. The molecule has 0 saturated heterocycles. The molecule has 18 heavy (non-hydrogen) atoms. The van der Waals surface area contributed by atoms with Gasteiger partial charge < -0.3 is 4.74 Å². The lowest BCUT2D eigenvalue weighted by molar-refractivity contribution is -0.144. The highest BCUT2D eigenvalue weighted by atomic mass is 35.5. The fraction of sp³-hybridized carbons (Fsp3) is 0.583. The smallest absolute Gasteiger partial charge is 0.320 e. The molecule has 0 N–H and O–H groups in total. The molecule has 1 aromatic heterocycles. The summed E-state index contributed by atoms with van der Waals surface area (Å²) in [6.07, 6.45) is 5.41. The molecule has 1 aromatic rings. The van der Waals surface area contributed by atoms with Gasteiger partial charge in [0.2, 0.25) is 0 Å². The van der Waals surface area contributed by atoms with Gasteiger partial charge in [-0.05, 0) is 19.8 Å². The quantitative estimate of drug-likeness (QED) is 0.735. The first-order chi connectivity index (χ1) is 8.69. The van der Waals surface area contributed by atoms with Crippen molar-refractivity contribution in [2.75, 3.05) is 13.2 Å². The minimum atomic E-state index is -0.189. The van der Waals surface area contributed by atoms with Crippen LogP contribution in [0.15, 0.2) is 12.4 Å². The van der Waals surface area contributed by atoms with Gasteiger partial charge in [0.25, 0.3) is 0 Å². The van der Waals surface area contributed by atoms with E-state index in [2.05, 4.69) is 14.9 Å². The van der Waals surface area contributed by atoms with E-state index in [1.165, 1.54) is 6.20 Å². The first-order valence-corrected chi connectivity index (χ1v) is 6.43. The lowest BCUT2D eigenvalue weighted by Gasteiger charge is -2.20. The van der Waals surface area contributed by atoms with Crippen molar-refractivity contribution >= 4 is 17.6 Å². The molecule has 1 aliphatic rings. The average Bonchev–Trinajstić information content (AvgIpc) is 3.15. The van der Waals surface area contributed by atoms with Crippen LogP contribution in [0.5, 0.6) is 0 Å². The van der Waals surface area contributed by atoms with Crippen LogP contribution in [0.3, 0.4) is 0 Å². The number of ether oxygens (including phenoxy) is 1. The minimum Gasteiger partial charge on any atom is -0.465 e. The summed E-state index contributed by atoms with van der Waals surface area (Å²) in [6, 6.07) is 0.465. The topological polar surface area (TPSA) is 55.3 Å². The summed E-state index contributed by atoms with van der Waals surface area (Å²) < 4.78 is 4.97. The van der Waals surface area contributed by atoms with Gasteiger partial charge in [-0.15, -0.1) is 0 Å². The predicted octanol–water partition coefficient (Wildman–Crippen LogP) is 1.66. The van der Waals surface area contributed by atoms with Gasteiger partial charge in [0.1, 0.15) is 5.15 Å². The number of hydrogen-bond acceptors (Lipinski definition) is 5. The molecule has 1 saturated carbocycles. The molecule has 98 valence electrons. The molecule has 0 radical (unpaired) electrons. The van der Waals surface area contributed by atoms with Gasteiger partial charge in [-0.3, -0.25) is 14.7 Å². The first kappa shape index (κ1) is 13.2. The van der Waals surface area contributed by atoms with E-state index in [0.29, 0.717) is 30.9 Å². The second-order valence-electron chi connectivity index (χ2n) is 4.27. The van der Waals surface area contributed by atoms with Crippen LogP contribution in [0.2, 0.25) is 5.15 Å². The fourth-order valence-corrected chi connectivity index (χ4v) is 1.85. The number of carbonyl (C=O) groups excluding carboxylic acids is 1. The molecule has 1 aliphatic carbocycles. The summed E-state index contributed by atoms with van der Waals surface area (Å²) in [5.74, 6) is -0.189. The van der Waals surface area contributed by atoms with Crippen LogP contribution in [0.1, 0.15) is 25.5 Å². The van der Waals surface area contributed by atoms with Crippen molar-refractivity contribution in [2.24, 2.45) is 0 Å². The Kier molecular flexibility index (Phi) is 4.49. The Balaban J connectivity index is 1.93. The van der Waals surface area contributed by atoms with Crippen molar-refractivity contribution < 1.29 is 9.53 Å². The summed E-state index contributed by atoms with van der Waals surface area (Å²) in [7, 11) is 0. The Morgan fingerprint density at radius 2 is 2.28 bits per heavy atom. The highest BCUT2D eigenvalue weighted by Crippen LogP contribution is 2.27. The molecule has 0 aromatic carbocycles. The van der Waals surface area contributed by atoms with Gasteiger partial charge in [0, 0.05) is 12.6 Å². The molecule has 5 nitrogen and oxygen atoms in total. The zero-order valence-corrected chi connectivity index (χ0v) is 11.1. The molecular formula is C12H16ClN3O2. The fourth-order valence-electron chi connectivity index (χ4n) is 1.75. The molecule has 6 heteroatoms. The second kappa shape index (κ2) is 6.11. The average molecular weight is 270 g/mol. The highest BCUT2D eigenvalue weighted by molar-refractivity contribution is 6.29. The maximum absolute atomic E-state index is 11.5. The van der Waals surface area contributed by atoms with Gasteiger partial charge in [0.05, 0.1) is 31.2 Å². The van der Waals surface area contributed by atoms with Crippen LogP contribution >= 0.6 is 11.6 Å². The Morgan fingerprint density at radius 3 is 2.83 bits per heavy atom. The second-order valence-corrected chi connectivity index (χ2v) is 4.66. The third-order valence-corrected chi connectivity index (χ3v) is 2.93. The van der Waals surface area contributed by atoms with E-state index >= 15 is 0 Å². The van der Waals surface area contributed by atoms with Crippen molar-refractivity contribution in [3.63, 3.8) is 0 Å². The van der Waals surface area contributed by atoms with E-state index in [1.54, 1.807) is 6.20 Å². The van der Waals surface area contributed by atoms with E-state index in [1.807, 2.05) is 6.92 Å². The zero-order chi connectivity index (χ0) is 13.0. The van der Waals surface area contributed by atoms with Crippen LogP contribution in [0.25, 0.3) is 0 Å². The molecule has 0 amide bonds. The van der Waals surface area contributed by atoms with Crippen LogP contribution < -0.4 is 0 Å². The summed E-state index contributed by atoms with van der Waals surface area (Å²) in [4.78, 5) is 21.8. The number of hydrogen-bond donors (Lipinski definition) is 0. The van der Waals surface area contributed by atoms with Crippen molar-refractivity contribution in [3.8, 4) is 0 Å². The van der Waals surface area contributed by atoms with Gasteiger partial charge in [-0.1, -0.05) is 11.6 Å². The molecule has 0 spiro atoms. The van der Waals surface area contributed by atoms with Crippen molar-refractivity contribution in [3.05, 3.63) is 23.2 Å². The monoisotopic (exact) mass is 269 g/mol. The Bertz CT molecular complexity index is 406. The van der Waals surface area contributed by atoms with E-state index in [0.717, 1.165) is 18.5 Å². The van der Waals surface area contributed by atoms with Gasteiger partial charge in [-0.2, -0.15) is 0 Å². The lowest BCUT2D eigenvalue weighted by atomic mass is 10.3. The molecular weight excluding hydrogens is 254 g/mol. The summed E-state index contributed by atoms with van der Waals surface area (Å²) in [5, 5.41) is 0.377. The number of halogens is 1. The molecule has 0 atom stereocenters. The van der Waals surface area contributed by atoms with Gasteiger partial charge >= 0.3 is 5.97 Å². The molecule has 2 rings (SSSR count). The molecule has 0 bridgehead atoms. The normalized spacial score (nSPS) is 14.8. The largest absolute Gasteiger partial charge is 0.465 e. The maximum Gasteiger partial charge on any atom is 0.320 e. The van der Waals surface area contributed by atoms with Crippen molar-refractivity contribution in [2.45, 2.75) is 32.4 Å². The predicted molar refractivity (Wildman–Crippen MR) is 67.1 cm³/mol. The Morgan fingerprint density at radius 1 is 1.50 bits per heavy atom. The van der Waals surface area contributed by atoms with Gasteiger partial charge in [-0.25, -0.2) is 4.98 Å². The Labute approximate surface area is 111 Å². The number of esters is 1. The first-order valence-electron chi connectivity index (χ1n) is 6.05. The maximum atomic E-state index is 11.5. The zero-order valence-electron chi connectivity index (χ0n) is 10.3. The van der Waals surface area contributed by atoms with Crippen molar-refractivity contribution in [1.29, 1.82) is 0 Å². The molecule has 0 aliphatic heterocycles. The number of aromatic nitrogens is 2. The number of nitrogens with zero attached hydrogens (tertiary/aromatic N) is 3. The van der Waals surface area contributed by atoms with E-state index in [-0.39, 0.29) is 5.97 Å². The van der Waals surface area contributed by atoms with Crippen LogP contribution in [0.4, 0.5) is 0 Å². The third-order valence-electron chi connectivity index (χ3n) is 2.74. The van der Waals surface area contributed by atoms with Crippen LogP contribution in [-0.2, 0) is 16.1 Å². The summed E-state index contributed by atoms with van der Waals surface area (Å²) in [5.41, 5.74) is 0.815. The molecule has 1 heterocycles. The van der Waals surface area contributed by atoms with E-state index in [9.17, 15) is 4.79 Å². The van der Waals surface area contributed by atoms with E-state index in [4.69, 9.17) is 16.3 Å². The van der Waals surface area contributed by atoms with Gasteiger partial charge in [0.15, 0.2) is 0 Å². The third kappa shape index (κ3) is 3.92. The van der Waals surface area contributed by atoms with Crippen molar-refractivity contribution in [1.82, 2.24) is 14.9 Å². The lowest BCUT2D eigenvalue weighted by Crippen LogP contribution is -2.32. The minimum absolute atomic E-state index is 0.189. The number of carbonyl (C=O) groups is 1. The SMILES string of the molecule is CCOC(=O)CN(Cc1cnc(Cl)cn1)C1CC1. The molecule has 1 fully saturated rings. The summed E-state index contributed by atoms with van der Waals surface area (Å²) >= 11 is 5.69. The van der Waals surface area contributed by atoms with E-state index < -0.39 is 0 Å². The highest BCUT2D eigenvalue weighted by Gasteiger charge is 2.30. The Hall–Kier alpha value is -1.20. The number of rotatable bonds is 6. The summed E-state index contributed by atoms with van der Waals surface area (Å²) in [6.45, 7) is 3.14.